The molecule has 2 nitrogen and oxygen atoms in total. The molecular weight excluding hydrogens is 272 g/mol. The Kier molecular flexibility index (Phi) is 3.82. The molecule has 0 atom stereocenters. The van der Waals surface area contributed by atoms with Crippen LogP contribution in [0.4, 0.5) is 0 Å². The third-order valence-electron chi connectivity index (χ3n) is 1.35. The van der Waals surface area contributed by atoms with Gasteiger partial charge in [0.05, 0.1) is 0 Å². The maximum atomic E-state index is 10.8. The normalized spacial score (nSPS) is 11.5. The second-order valence-electron chi connectivity index (χ2n) is 2.59. The maximum absolute atomic E-state index is 10.8. The van der Waals surface area contributed by atoms with E-state index < -0.39 is 8.87 Å². The highest BCUT2D eigenvalue weighted by molar-refractivity contribution is 9.10. The minimum absolute atomic E-state index is 0.506. The summed E-state index contributed by atoms with van der Waals surface area (Å²) in [7, 11) is -1.98. The third-order valence-corrected chi connectivity index (χ3v) is 4.40. The molecule has 0 spiro atoms. The van der Waals surface area contributed by atoms with Crippen molar-refractivity contribution in [3.8, 4) is 0 Å². The first kappa shape index (κ1) is 11.1. The molecule has 0 unspecified atom stereocenters. The summed E-state index contributed by atoms with van der Waals surface area (Å²) < 4.78 is 22.7. The number of hydrogen-bond acceptors (Lipinski definition) is 3. The Bertz CT molecular complexity index is 370. The number of halogens is 1. The molecule has 1 aromatic rings. The summed E-state index contributed by atoms with van der Waals surface area (Å²) in [6.45, 7) is 0. The highest BCUT2D eigenvalue weighted by atomic mass is 79.9. The lowest BCUT2D eigenvalue weighted by Gasteiger charge is -1.99. The van der Waals surface area contributed by atoms with E-state index in [1.54, 1.807) is 0 Å². The molecule has 0 saturated heterocycles. The minimum atomic E-state index is -2.93. The topological polar surface area (TPSA) is 34.1 Å². The molecule has 0 aliphatic carbocycles. The predicted octanol–water partition coefficient (Wildman–Crippen LogP) is 2.64. The number of hydrogen-bond donors (Lipinski definition) is 0. The average Bonchev–Trinajstić information content (AvgIpc) is 2.02. The van der Waals surface area contributed by atoms with Gasteiger partial charge in [0.15, 0.2) is 8.87 Å². The van der Waals surface area contributed by atoms with Crippen LogP contribution in [0.5, 0.6) is 0 Å². The molecule has 1 rings (SSSR count). The summed E-state index contributed by atoms with van der Waals surface area (Å²) in [4.78, 5) is 0. The van der Waals surface area contributed by atoms with E-state index in [4.69, 9.17) is 0 Å². The van der Waals surface area contributed by atoms with Gasteiger partial charge in [-0.15, -0.1) is 0 Å². The SMILES string of the molecule is CS(=O)(=O)SCc1ccc(Br)cc1. The standard InChI is InChI=1S/C8H9BrO2S2/c1-13(10,11)12-6-7-2-4-8(9)5-3-7/h2-5H,6H2,1H3. The van der Waals surface area contributed by atoms with Crippen LogP contribution in [0, 0.1) is 0 Å². The summed E-state index contributed by atoms with van der Waals surface area (Å²) in [5, 5.41) is 0. The first-order valence-electron chi connectivity index (χ1n) is 3.56. The lowest BCUT2D eigenvalue weighted by atomic mass is 10.2. The van der Waals surface area contributed by atoms with Gasteiger partial charge in [0.25, 0.3) is 0 Å². The van der Waals surface area contributed by atoms with Crippen molar-refractivity contribution in [2.45, 2.75) is 5.75 Å². The molecule has 0 radical (unpaired) electrons. The Morgan fingerprint density at radius 1 is 1.31 bits per heavy atom. The van der Waals surface area contributed by atoms with E-state index in [0.29, 0.717) is 5.75 Å². The summed E-state index contributed by atoms with van der Waals surface area (Å²) in [6.07, 6.45) is 1.22. The van der Waals surface area contributed by atoms with Crippen molar-refractivity contribution in [2.24, 2.45) is 0 Å². The van der Waals surface area contributed by atoms with Crippen molar-refractivity contribution in [1.29, 1.82) is 0 Å². The fraction of sp³-hybridized carbons (Fsp3) is 0.250. The van der Waals surface area contributed by atoms with Crippen LogP contribution < -0.4 is 0 Å². The van der Waals surface area contributed by atoms with E-state index in [0.717, 1.165) is 20.8 Å². The van der Waals surface area contributed by atoms with Crippen LogP contribution in [0.2, 0.25) is 0 Å². The van der Waals surface area contributed by atoms with Gasteiger partial charge in [-0.25, -0.2) is 8.42 Å². The summed E-state index contributed by atoms with van der Waals surface area (Å²) in [5.74, 6) is 0.506. The highest BCUT2D eigenvalue weighted by Crippen LogP contribution is 2.19. The van der Waals surface area contributed by atoms with Crippen LogP contribution in [-0.4, -0.2) is 14.7 Å². The van der Waals surface area contributed by atoms with Crippen molar-refractivity contribution in [2.75, 3.05) is 6.26 Å². The monoisotopic (exact) mass is 280 g/mol. The van der Waals surface area contributed by atoms with Crippen LogP contribution in [0.3, 0.4) is 0 Å². The zero-order valence-corrected chi connectivity index (χ0v) is 10.2. The van der Waals surface area contributed by atoms with E-state index in [1.807, 2.05) is 24.3 Å². The molecule has 0 aliphatic heterocycles. The van der Waals surface area contributed by atoms with Gasteiger partial charge in [-0.2, -0.15) is 0 Å². The summed E-state index contributed by atoms with van der Waals surface area (Å²) >= 11 is 3.31. The molecule has 0 fully saturated rings. The molecule has 0 amide bonds. The molecule has 1 aromatic carbocycles. The van der Waals surface area contributed by atoms with Crippen LogP contribution in [0.1, 0.15) is 5.56 Å². The number of rotatable bonds is 3. The van der Waals surface area contributed by atoms with Crippen LogP contribution in [0.25, 0.3) is 0 Å². The lowest BCUT2D eigenvalue weighted by molar-refractivity contribution is 0.615. The lowest BCUT2D eigenvalue weighted by Crippen LogP contribution is -1.89. The van der Waals surface area contributed by atoms with E-state index in [2.05, 4.69) is 15.9 Å². The molecule has 0 N–H and O–H groups in total. The van der Waals surface area contributed by atoms with Gasteiger partial charge in [0.1, 0.15) is 0 Å². The second kappa shape index (κ2) is 4.48. The average molecular weight is 281 g/mol. The van der Waals surface area contributed by atoms with Crippen LogP contribution in [0.15, 0.2) is 28.7 Å². The quantitative estimate of drug-likeness (QED) is 0.799. The first-order valence-corrected chi connectivity index (χ1v) is 7.75. The van der Waals surface area contributed by atoms with Gasteiger partial charge in [0.2, 0.25) is 0 Å². The van der Waals surface area contributed by atoms with Crippen LogP contribution >= 0.6 is 26.7 Å². The predicted molar refractivity (Wildman–Crippen MR) is 60.3 cm³/mol. The van der Waals surface area contributed by atoms with E-state index in [9.17, 15) is 8.42 Å². The van der Waals surface area contributed by atoms with Gasteiger partial charge in [-0.1, -0.05) is 28.1 Å². The molecule has 5 heteroatoms. The summed E-state index contributed by atoms with van der Waals surface area (Å²) in [5.41, 5.74) is 1.01. The highest BCUT2D eigenvalue weighted by Gasteiger charge is 2.02. The van der Waals surface area contributed by atoms with Crippen molar-refractivity contribution in [1.82, 2.24) is 0 Å². The maximum Gasteiger partial charge on any atom is 0.199 e. The van der Waals surface area contributed by atoms with Crippen molar-refractivity contribution in [3.05, 3.63) is 34.3 Å². The molecule has 0 bridgehead atoms. The fourth-order valence-electron chi connectivity index (χ4n) is 0.756. The molecule has 0 aliphatic rings. The largest absolute Gasteiger partial charge is 0.218 e. The van der Waals surface area contributed by atoms with Gasteiger partial charge < -0.3 is 0 Å². The van der Waals surface area contributed by atoms with Crippen molar-refractivity contribution in [3.63, 3.8) is 0 Å². The minimum Gasteiger partial charge on any atom is -0.218 e. The van der Waals surface area contributed by atoms with E-state index >= 15 is 0 Å². The van der Waals surface area contributed by atoms with Gasteiger partial charge in [-0.3, -0.25) is 0 Å². The Morgan fingerprint density at radius 3 is 2.31 bits per heavy atom. The Balaban J connectivity index is 2.61. The summed E-state index contributed by atoms with van der Waals surface area (Å²) in [6, 6.07) is 7.61. The molecular formula is C8H9BrO2S2. The van der Waals surface area contributed by atoms with Gasteiger partial charge >= 0.3 is 0 Å². The van der Waals surface area contributed by atoms with E-state index in [1.165, 1.54) is 6.26 Å². The van der Waals surface area contributed by atoms with Gasteiger partial charge in [0, 0.05) is 16.5 Å². The third kappa shape index (κ3) is 4.69. The van der Waals surface area contributed by atoms with Crippen LogP contribution in [-0.2, 0) is 14.6 Å². The first-order chi connectivity index (χ1) is 5.97. The van der Waals surface area contributed by atoms with Crippen molar-refractivity contribution < 1.29 is 8.42 Å². The Labute approximate surface area is 90.2 Å². The Hall–Kier alpha value is -0.000000000000000111. The van der Waals surface area contributed by atoms with Gasteiger partial charge in [-0.05, 0) is 28.5 Å². The van der Waals surface area contributed by atoms with Crippen molar-refractivity contribution >= 4 is 35.6 Å². The molecule has 72 valence electrons. The molecule has 0 aromatic heterocycles. The zero-order chi connectivity index (χ0) is 9.90. The molecule has 0 heterocycles. The second-order valence-corrected chi connectivity index (χ2v) is 7.96. The molecule has 0 saturated carbocycles. The zero-order valence-electron chi connectivity index (χ0n) is 7.03. The smallest absolute Gasteiger partial charge is 0.199 e. The number of benzene rings is 1. The van der Waals surface area contributed by atoms with E-state index in [-0.39, 0.29) is 0 Å². The molecule has 13 heavy (non-hydrogen) atoms. The Morgan fingerprint density at radius 2 is 1.85 bits per heavy atom. The fourth-order valence-corrected chi connectivity index (χ4v) is 2.61.